The maximum Gasteiger partial charge on any atom is 0.272 e. The second-order valence-electron chi connectivity index (χ2n) is 9.11. The van der Waals surface area contributed by atoms with Crippen molar-refractivity contribution in [1.82, 2.24) is 5.32 Å². The summed E-state index contributed by atoms with van der Waals surface area (Å²) >= 11 is 1.26. The number of hydrogen-bond donors (Lipinski definition) is 3. The molecule has 44 heavy (non-hydrogen) atoms. The second-order valence-corrected chi connectivity index (χ2v) is 10.2. The Labute approximate surface area is 257 Å². The van der Waals surface area contributed by atoms with E-state index in [4.69, 9.17) is 9.47 Å². The highest BCUT2D eigenvalue weighted by atomic mass is 32.2. The minimum atomic E-state index is -0.612. The molecule has 3 amide bonds. The summed E-state index contributed by atoms with van der Waals surface area (Å²) in [5.74, 6) is -0.227. The SMILES string of the molecule is COc1ccc(NC(=O)CSc2cccc(NC(=O)/C(=C\c3ccc([N+](=O)[O-])cc3)NC(=O)c3ccccc3)c2)c(OC)c1. The summed E-state index contributed by atoms with van der Waals surface area (Å²) in [6.07, 6.45) is 1.43. The number of anilines is 2. The molecule has 0 fully saturated rings. The predicted octanol–water partition coefficient (Wildman–Crippen LogP) is 5.75. The highest BCUT2D eigenvalue weighted by molar-refractivity contribution is 8.00. The van der Waals surface area contributed by atoms with E-state index >= 15 is 0 Å². The number of ether oxygens (including phenoxy) is 2. The number of thioether (sulfide) groups is 1. The lowest BCUT2D eigenvalue weighted by Gasteiger charge is -2.13. The first-order valence-electron chi connectivity index (χ1n) is 13.1. The number of nitro benzene ring substituents is 1. The monoisotopic (exact) mass is 612 g/mol. The summed E-state index contributed by atoms with van der Waals surface area (Å²) in [5.41, 5.74) is 1.58. The van der Waals surface area contributed by atoms with Crippen LogP contribution >= 0.6 is 11.8 Å². The van der Waals surface area contributed by atoms with Crippen molar-refractivity contribution in [2.24, 2.45) is 0 Å². The molecule has 0 unspecified atom stereocenters. The number of rotatable bonds is 12. The highest BCUT2D eigenvalue weighted by Gasteiger charge is 2.16. The molecule has 4 aromatic carbocycles. The summed E-state index contributed by atoms with van der Waals surface area (Å²) in [6, 6.07) is 25.9. The average Bonchev–Trinajstić information content (AvgIpc) is 3.04. The molecule has 11 nitrogen and oxygen atoms in total. The summed E-state index contributed by atoms with van der Waals surface area (Å²) in [7, 11) is 3.04. The van der Waals surface area contributed by atoms with Gasteiger partial charge in [0.2, 0.25) is 5.91 Å². The Hall–Kier alpha value is -5.62. The van der Waals surface area contributed by atoms with Crippen LogP contribution in [-0.2, 0) is 9.59 Å². The number of nitrogens with one attached hydrogen (secondary N) is 3. The Balaban J connectivity index is 1.46. The van der Waals surface area contributed by atoms with Gasteiger partial charge in [-0.2, -0.15) is 0 Å². The van der Waals surface area contributed by atoms with E-state index in [-0.39, 0.29) is 23.0 Å². The number of nitrogens with zero attached hydrogens (tertiary/aromatic N) is 1. The minimum absolute atomic E-state index is 0.0708. The van der Waals surface area contributed by atoms with Crippen LogP contribution in [0.25, 0.3) is 6.08 Å². The zero-order chi connectivity index (χ0) is 31.5. The van der Waals surface area contributed by atoms with Gasteiger partial charge in [0.1, 0.15) is 17.2 Å². The molecule has 0 heterocycles. The van der Waals surface area contributed by atoms with Crippen molar-refractivity contribution < 1.29 is 28.8 Å². The average molecular weight is 613 g/mol. The second kappa shape index (κ2) is 15.0. The van der Waals surface area contributed by atoms with E-state index < -0.39 is 16.7 Å². The number of hydrogen-bond acceptors (Lipinski definition) is 8. The van der Waals surface area contributed by atoms with Gasteiger partial charge in [-0.05, 0) is 66.2 Å². The molecule has 0 atom stereocenters. The summed E-state index contributed by atoms with van der Waals surface area (Å²) in [4.78, 5) is 50.1. The fourth-order valence-electron chi connectivity index (χ4n) is 3.90. The Morgan fingerprint density at radius 2 is 1.61 bits per heavy atom. The topological polar surface area (TPSA) is 149 Å². The van der Waals surface area contributed by atoms with E-state index in [2.05, 4.69) is 16.0 Å². The van der Waals surface area contributed by atoms with Gasteiger partial charge in [0, 0.05) is 34.3 Å². The molecule has 3 N–H and O–H groups in total. The van der Waals surface area contributed by atoms with Gasteiger partial charge in [-0.15, -0.1) is 11.8 Å². The van der Waals surface area contributed by atoms with E-state index in [9.17, 15) is 24.5 Å². The molecule has 0 spiro atoms. The number of carbonyl (C=O) groups excluding carboxylic acids is 3. The summed E-state index contributed by atoms with van der Waals surface area (Å²) in [5, 5.41) is 19.2. The summed E-state index contributed by atoms with van der Waals surface area (Å²) < 4.78 is 10.5. The van der Waals surface area contributed by atoms with E-state index in [1.54, 1.807) is 72.8 Å². The zero-order valence-electron chi connectivity index (χ0n) is 23.7. The molecule has 4 rings (SSSR count). The number of non-ortho nitro benzene ring substituents is 1. The molecule has 0 aliphatic heterocycles. The first-order chi connectivity index (χ1) is 21.2. The fourth-order valence-corrected chi connectivity index (χ4v) is 4.66. The van der Waals surface area contributed by atoms with Gasteiger partial charge in [-0.3, -0.25) is 24.5 Å². The molecule has 0 bridgehead atoms. The van der Waals surface area contributed by atoms with Crippen molar-refractivity contribution in [2.45, 2.75) is 4.90 Å². The van der Waals surface area contributed by atoms with Gasteiger partial charge in [0.25, 0.3) is 17.5 Å². The number of amides is 3. The lowest BCUT2D eigenvalue weighted by atomic mass is 10.1. The number of benzene rings is 4. The Morgan fingerprint density at radius 1 is 0.864 bits per heavy atom. The van der Waals surface area contributed by atoms with E-state index in [0.717, 1.165) is 0 Å². The molecule has 224 valence electrons. The molecule has 12 heteroatoms. The van der Waals surface area contributed by atoms with Crippen LogP contribution in [-0.4, -0.2) is 42.6 Å². The maximum atomic E-state index is 13.4. The van der Waals surface area contributed by atoms with Crippen LogP contribution in [0.2, 0.25) is 0 Å². The Bertz CT molecular complexity index is 1690. The molecular weight excluding hydrogens is 584 g/mol. The largest absolute Gasteiger partial charge is 0.497 e. The van der Waals surface area contributed by atoms with E-state index in [0.29, 0.717) is 38.9 Å². The van der Waals surface area contributed by atoms with Crippen LogP contribution in [0.5, 0.6) is 11.5 Å². The van der Waals surface area contributed by atoms with E-state index in [1.807, 2.05) is 0 Å². The molecule has 0 radical (unpaired) electrons. The quantitative estimate of drug-likeness (QED) is 0.0792. The van der Waals surface area contributed by atoms with Crippen LogP contribution in [0.15, 0.2) is 108 Å². The maximum absolute atomic E-state index is 13.4. The van der Waals surface area contributed by atoms with Crippen molar-refractivity contribution in [3.05, 3.63) is 124 Å². The van der Waals surface area contributed by atoms with Crippen molar-refractivity contribution >= 4 is 52.6 Å². The summed E-state index contributed by atoms with van der Waals surface area (Å²) in [6.45, 7) is 0. The minimum Gasteiger partial charge on any atom is -0.497 e. The Morgan fingerprint density at radius 3 is 2.30 bits per heavy atom. The van der Waals surface area contributed by atoms with Gasteiger partial charge in [0.05, 0.1) is 30.6 Å². The smallest absolute Gasteiger partial charge is 0.272 e. The third-order valence-corrected chi connectivity index (χ3v) is 7.08. The molecule has 0 saturated carbocycles. The van der Waals surface area contributed by atoms with Crippen molar-refractivity contribution in [3.8, 4) is 11.5 Å². The fraction of sp³-hybridized carbons (Fsp3) is 0.0938. The van der Waals surface area contributed by atoms with Gasteiger partial charge in [0.15, 0.2) is 0 Å². The van der Waals surface area contributed by atoms with Gasteiger partial charge < -0.3 is 25.4 Å². The van der Waals surface area contributed by atoms with Crippen molar-refractivity contribution in [1.29, 1.82) is 0 Å². The van der Waals surface area contributed by atoms with E-state index in [1.165, 1.54) is 56.3 Å². The lowest BCUT2D eigenvalue weighted by Crippen LogP contribution is -2.30. The van der Waals surface area contributed by atoms with Gasteiger partial charge in [-0.1, -0.05) is 24.3 Å². The highest BCUT2D eigenvalue weighted by Crippen LogP contribution is 2.30. The number of nitro groups is 1. The van der Waals surface area contributed by atoms with Crippen LogP contribution in [0.3, 0.4) is 0 Å². The number of carbonyl (C=O) groups is 3. The van der Waals surface area contributed by atoms with Gasteiger partial charge in [-0.25, -0.2) is 0 Å². The first kappa shape index (κ1) is 31.3. The molecule has 0 aromatic heterocycles. The Kier molecular flexibility index (Phi) is 10.7. The normalized spacial score (nSPS) is 10.8. The molecule has 4 aromatic rings. The molecule has 0 saturated heterocycles. The van der Waals surface area contributed by atoms with Gasteiger partial charge >= 0.3 is 0 Å². The first-order valence-corrected chi connectivity index (χ1v) is 14.1. The standard InChI is InChI=1S/C32H28N4O7S/c1-42-25-15-16-27(29(19-25)43-2)34-30(37)20-44-26-10-6-9-23(18-26)33-32(39)28(35-31(38)22-7-4-3-5-8-22)17-21-11-13-24(14-12-21)36(40)41/h3-19H,20H2,1-2H3,(H,33,39)(H,34,37)(H,35,38)/b28-17+. The third kappa shape index (κ3) is 8.69. The van der Waals surface area contributed by atoms with Crippen LogP contribution in [0, 0.1) is 10.1 Å². The molecule has 0 aliphatic rings. The van der Waals surface area contributed by atoms with Crippen molar-refractivity contribution in [3.63, 3.8) is 0 Å². The van der Waals surface area contributed by atoms with Crippen LogP contribution in [0.1, 0.15) is 15.9 Å². The zero-order valence-corrected chi connectivity index (χ0v) is 24.6. The lowest BCUT2D eigenvalue weighted by molar-refractivity contribution is -0.384. The number of methoxy groups -OCH3 is 2. The molecular formula is C32H28N4O7S. The predicted molar refractivity (Wildman–Crippen MR) is 169 cm³/mol. The van der Waals surface area contributed by atoms with Crippen LogP contribution < -0.4 is 25.4 Å². The van der Waals surface area contributed by atoms with Crippen LogP contribution in [0.4, 0.5) is 17.1 Å². The third-order valence-electron chi connectivity index (χ3n) is 6.09. The molecule has 0 aliphatic carbocycles. The van der Waals surface area contributed by atoms with Crippen molar-refractivity contribution in [2.75, 3.05) is 30.6 Å².